The van der Waals surface area contributed by atoms with E-state index in [1.165, 1.54) is 0 Å². The first-order valence-electron chi connectivity index (χ1n) is 7.01. The zero-order valence-corrected chi connectivity index (χ0v) is 15.0. The Labute approximate surface area is 150 Å². The molecule has 1 unspecified atom stereocenters. The lowest BCUT2D eigenvalue weighted by Crippen LogP contribution is -2.49. The summed E-state index contributed by atoms with van der Waals surface area (Å²) in [5, 5.41) is 7.49. The van der Waals surface area contributed by atoms with E-state index in [-0.39, 0.29) is 0 Å². The summed E-state index contributed by atoms with van der Waals surface area (Å²) in [6.07, 6.45) is 1.73. The number of carbonyl (C=O) groups excluding carboxylic acids is 1. The Kier molecular flexibility index (Phi) is 6.04. The van der Waals surface area contributed by atoms with Crippen molar-refractivity contribution in [3.63, 3.8) is 0 Å². The molecule has 1 aromatic rings. The lowest BCUT2D eigenvalue weighted by atomic mass is 10.0. The van der Waals surface area contributed by atoms with E-state index in [4.69, 9.17) is 40.2 Å². The molecule has 7 heteroatoms. The number of carbonyl (C=O) groups is 1. The van der Waals surface area contributed by atoms with E-state index in [9.17, 15) is 4.79 Å². The van der Waals surface area contributed by atoms with Crippen LogP contribution in [0.2, 0.25) is 5.02 Å². The molecule has 0 saturated heterocycles. The first-order valence-corrected chi connectivity index (χ1v) is 8.17. The van der Waals surface area contributed by atoms with Crippen molar-refractivity contribution in [2.75, 3.05) is 6.61 Å². The van der Waals surface area contributed by atoms with Gasteiger partial charge in [0, 0.05) is 15.8 Å². The van der Waals surface area contributed by atoms with Gasteiger partial charge in [0.2, 0.25) is 0 Å². The van der Waals surface area contributed by atoms with Crippen LogP contribution in [0.3, 0.4) is 0 Å². The van der Waals surface area contributed by atoms with E-state index in [0.29, 0.717) is 33.0 Å². The molecule has 0 aromatic heterocycles. The van der Waals surface area contributed by atoms with Crippen molar-refractivity contribution >= 4 is 51.5 Å². The van der Waals surface area contributed by atoms with E-state index < -0.39 is 12.0 Å². The minimum atomic E-state index is -0.467. The molecule has 0 fully saturated rings. The third-order valence-corrected chi connectivity index (χ3v) is 4.05. The standard InChI is InChI=1S/C16H16Cl2N2O2S/c1-3-22-15(21)14-9(2)19-16(23)20-13(14)8-12(18)10-4-6-11(17)7-5-10/h4-8,13H,3H2,1-2H3,(H2,19,20,23)/b12-8-. The van der Waals surface area contributed by atoms with Gasteiger partial charge in [-0.05, 0) is 49.8 Å². The Morgan fingerprint density at radius 2 is 2.04 bits per heavy atom. The summed E-state index contributed by atoms with van der Waals surface area (Å²) in [5.41, 5.74) is 1.89. The highest BCUT2D eigenvalue weighted by molar-refractivity contribution is 7.80. The van der Waals surface area contributed by atoms with Gasteiger partial charge < -0.3 is 15.4 Å². The van der Waals surface area contributed by atoms with Gasteiger partial charge in [0.1, 0.15) is 0 Å². The summed E-state index contributed by atoms with van der Waals surface area (Å²) in [4.78, 5) is 12.2. The lowest BCUT2D eigenvalue weighted by molar-refractivity contribution is -0.138. The molecule has 1 atom stereocenters. The molecule has 1 heterocycles. The molecule has 1 aliphatic heterocycles. The van der Waals surface area contributed by atoms with Gasteiger partial charge in [-0.2, -0.15) is 0 Å². The highest BCUT2D eigenvalue weighted by atomic mass is 35.5. The summed E-state index contributed by atoms with van der Waals surface area (Å²) in [6, 6.07) is 6.65. The van der Waals surface area contributed by atoms with Crippen molar-refractivity contribution < 1.29 is 9.53 Å². The smallest absolute Gasteiger partial charge is 0.338 e. The van der Waals surface area contributed by atoms with Gasteiger partial charge in [-0.1, -0.05) is 35.3 Å². The number of benzene rings is 1. The third-order valence-electron chi connectivity index (χ3n) is 3.23. The van der Waals surface area contributed by atoms with Gasteiger partial charge in [-0.3, -0.25) is 0 Å². The Morgan fingerprint density at radius 3 is 2.65 bits per heavy atom. The van der Waals surface area contributed by atoms with Crippen LogP contribution in [-0.4, -0.2) is 23.7 Å². The third kappa shape index (κ3) is 4.47. The van der Waals surface area contributed by atoms with E-state index in [1.807, 2.05) is 0 Å². The Hall–Kier alpha value is -1.56. The van der Waals surface area contributed by atoms with Crippen LogP contribution in [0, 0.1) is 0 Å². The fourth-order valence-electron chi connectivity index (χ4n) is 2.19. The Bertz CT molecular complexity index is 684. The molecule has 1 aliphatic rings. The Morgan fingerprint density at radius 1 is 1.39 bits per heavy atom. The van der Waals surface area contributed by atoms with Crippen LogP contribution >= 0.6 is 35.4 Å². The maximum Gasteiger partial charge on any atom is 0.338 e. The molecule has 1 aromatic carbocycles. The Balaban J connectivity index is 2.35. The molecule has 0 bridgehead atoms. The number of esters is 1. The fraction of sp³-hybridized carbons (Fsp3) is 0.250. The highest BCUT2D eigenvalue weighted by Gasteiger charge is 2.28. The number of nitrogens with one attached hydrogen (secondary N) is 2. The average molecular weight is 371 g/mol. The monoisotopic (exact) mass is 370 g/mol. The van der Waals surface area contributed by atoms with Gasteiger partial charge >= 0.3 is 5.97 Å². The first kappa shape index (κ1) is 17.8. The second-order valence-corrected chi connectivity index (χ2v) is 6.11. The largest absolute Gasteiger partial charge is 0.463 e. The van der Waals surface area contributed by atoms with Crippen molar-refractivity contribution in [1.82, 2.24) is 10.6 Å². The number of thiocarbonyl (C=S) groups is 1. The van der Waals surface area contributed by atoms with Crippen molar-refractivity contribution in [1.29, 1.82) is 0 Å². The molecule has 4 nitrogen and oxygen atoms in total. The second-order valence-electron chi connectivity index (χ2n) is 4.86. The van der Waals surface area contributed by atoms with Crippen molar-refractivity contribution in [2.45, 2.75) is 19.9 Å². The summed E-state index contributed by atoms with van der Waals surface area (Å²) in [6.45, 7) is 3.82. The van der Waals surface area contributed by atoms with Gasteiger partial charge in [0.15, 0.2) is 5.11 Å². The number of halogens is 2. The van der Waals surface area contributed by atoms with Crippen molar-refractivity contribution in [3.05, 3.63) is 52.2 Å². The molecular formula is C16H16Cl2N2O2S. The second kappa shape index (κ2) is 7.81. The van der Waals surface area contributed by atoms with Crippen LogP contribution in [0.25, 0.3) is 5.03 Å². The zero-order valence-electron chi connectivity index (χ0n) is 12.7. The number of hydrogen-bond acceptors (Lipinski definition) is 3. The topological polar surface area (TPSA) is 50.4 Å². The molecule has 2 N–H and O–H groups in total. The van der Waals surface area contributed by atoms with E-state index in [0.717, 1.165) is 5.56 Å². The van der Waals surface area contributed by atoms with Crippen molar-refractivity contribution in [2.24, 2.45) is 0 Å². The van der Waals surface area contributed by atoms with Crippen LogP contribution < -0.4 is 10.6 Å². The molecule has 122 valence electrons. The molecule has 0 spiro atoms. The van der Waals surface area contributed by atoms with Gasteiger partial charge in [-0.15, -0.1) is 0 Å². The number of allylic oxidation sites excluding steroid dienone is 1. The molecule has 2 rings (SSSR count). The molecule has 0 saturated carbocycles. The zero-order chi connectivity index (χ0) is 17.0. The van der Waals surface area contributed by atoms with E-state index in [2.05, 4.69) is 10.6 Å². The van der Waals surface area contributed by atoms with E-state index in [1.54, 1.807) is 44.2 Å². The lowest BCUT2D eigenvalue weighted by Gasteiger charge is -2.27. The van der Waals surface area contributed by atoms with Crippen LogP contribution in [0.4, 0.5) is 0 Å². The summed E-state index contributed by atoms with van der Waals surface area (Å²) in [5.74, 6) is -0.408. The molecule has 0 amide bonds. The van der Waals surface area contributed by atoms with Gasteiger partial charge in [0.05, 0.1) is 18.2 Å². The molecule has 0 radical (unpaired) electrons. The van der Waals surface area contributed by atoms with Crippen LogP contribution in [-0.2, 0) is 9.53 Å². The minimum Gasteiger partial charge on any atom is -0.463 e. The quantitative estimate of drug-likeness (QED) is 0.626. The predicted molar refractivity (Wildman–Crippen MR) is 97.3 cm³/mol. The van der Waals surface area contributed by atoms with Crippen LogP contribution in [0.15, 0.2) is 41.6 Å². The number of ether oxygens (including phenoxy) is 1. The summed E-state index contributed by atoms with van der Waals surface area (Å²) >= 11 is 17.4. The summed E-state index contributed by atoms with van der Waals surface area (Å²) in [7, 11) is 0. The van der Waals surface area contributed by atoms with E-state index >= 15 is 0 Å². The van der Waals surface area contributed by atoms with Crippen molar-refractivity contribution in [3.8, 4) is 0 Å². The maximum atomic E-state index is 12.2. The highest BCUT2D eigenvalue weighted by Crippen LogP contribution is 2.24. The van der Waals surface area contributed by atoms with Crippen LogP contribution in [0.1, 0.15) is 19.4 Å². The predicted octanol–water partition coefficient (Wildman–Crippen LogP) is 3.60. The molecule has 0 aliphatic carbocycles. The first-order chi connectivity index (χ1) is 10.9. The minimum absolute atomic E-state index is 0.293. The molecule has 23 heavy (non-hydrogen) atoms. The van der Waals surface area contributed by atoms with Crippen LogP contribution in [0.5, 0.6) is 0 Å². The SMILES string of the molecule is CCOC(=O)C1=C(C)NC(=S)NC1/C=C(\Cl)c1ccc(Cl)cc1. The fourth-order valence-corrected chi connectivity index (χ4v) is 2.84. The number of hydrogen-bond donors (Lipinski definition) is 2. The van der Waals surface area contributed by atoms with Gasteiger partial charge in [-0.25, -0.2) is 4.79 Å². The normalized spacial score (nSPS) is 18.3. The average Bonchev–Trinajstić information content (AvgIpc) is 2.47. The molecular weight excluding hydrogens is 355 g/mol. The number of rotatable bonds is 4. The summed E-state index contributed by atoms with van der Waals surface area (Å²) < 4.78 is 5.11. The van der Waals surface area contributed by atoms with Gasteiger partial charge in [0.25, 0.3) is 0 Å². The maximum absolute atomic E-state index is 12.2.